The van der Waals surface area contributed by atoms with Crippen molar-refractivity contribution in [3.05, 3.63) is 29.3 Å². The van der Waals surface area contributed by atoms with Crippen LogP contribution in [0.25, 0.3) is 10.6 Å². The average Bonchev–Trinajstić information content (AvgIpc) is 2.87. The molecule has 0 spiro atoms. The summed E-state index contributed by atoms with van der Waals surface area (Å²) in [6.07, 6.45) is -4.73. The number of rotatable bonds is 4. The Morgan fingerprint density at radius 1 is 1.24 bits per heavy atom. The van der Waals surface area contributed by atoms with Gasteiger partial charge < -0.3 is 9.47 Å². The predicted octanol–water partition coefficient (Wildman–Crippen LogP) is 3.28. The van der Waals surface area contributed by atoms with Gasteiger partial charge in [0.05, 0.1) is 6.61 Å². The molecule has 0 aliphatic carbocycles. The summed E-state index contributed by atoms with van der Waals surface area (Å²) in [6, 6.07) is 5.12. The molecule has 0 saturated heterocycles. The molecule has 0 aliphatic heterocycles. The Kier molecular flexibility index (Phi) is 4.41. The number of hydrogen-bond acceptors (Lipinski definition) is 6. The minimum atomic E-state index is -4.73. The van der Waals surface area contributed by atoms with Crippen LogP contribution in [-0.2, 0) is 4.74 Å². The first-order valence-corrected chi connectivity index (χ1v) is 6.57. The van der Waals surface area contributed by atoms with E-state index in [1.54, 1.807) is 6.92 Å². The fourth-order valence-electron chi connectivity index (χ4n) is 1.41. The second kappa shape index (κ2) is 6.08. The summed E-state index contributed by atoms with van der Waals surface area (Å²) in [5.74, 6) is -0.917. The van der Waals surface area contributed by atoms with Crippen LogP contribution in [0.2, 0.25) is 0 Å². The van der Waals surface area contributed by atoms with E-state index < -0.39 is 12.3 Å². The summed E-state index contributed by atoms with van der Waals surface area (Å²) in [5, 5.41) is 7.96. The summed E-state index contributed by atoms with van der Waals surface area (Å²) in [7, 11) is 0. The third-order valence-electron chi connectivity index (χ3n) is 2.21. The lowest BCUT2D eigenvalue weighted by Crippen LogP contribution is -2.16. The van der Waals surface area contributed by atoms with Crippen LogP contribution in [0, 0.1) is 0 Å². The number of aromatic nitrogens is 2. The normalized spacial score (nSPS) is 11.2. The molecule has 0 atom stereocenters. The number of carbonyl (C=O) groups excluding carboxylic acids is 1. The number of alkyl halides is 3. The van der Waals surface area contributed by atoms with Gasteiger partial charge in [-0.05, 0) is 31.2 Å². The maximum absolute atomic E-state index is 12.0. The van der Waals surface area contributed by atoms with Crippen LogP contribution in [0.3, 0.4) is 0 Å². The first-order valence-electron chi connectivity index (χ1n) is 5.76. The van der Waals surface area contributed by atoms with Gasteiger partial charge in [0.25, 0.3) is 0 Å². The summed E-state index contributed by atoms with van der Waals surface area (Å²) in [5.41, 5.74) is 0.526. The van der Waals surface area contributed by atoms with Crippen molar-refractivity contribution in [3.8, 4) is 16.3 Å². The van der Waals surface area contributed by atoms with E-state index in [0.717, 1.165) is 23.5 Å². The SMILES string of the molecule is CCOC(=O)c1nnc(-c2ccc(OC(F)(F)F)cc2)s1. The molecule has 9 heteroatoms. The quantitative estimate of drug-likeness (QED) is 0.810. The van der Waals surface area contributed by atoms with Gasteiger partial charge in [0.15, 0.2) is 0 Å². The topological polar surface area (TPSA) is 61.3 Å². The Morgan fingerprint density at radius 2 is 1.90 bits per heavy atom. The van der Waals surface area contributed by atoms with E-state index in [4.69, 9.17) is 4.74 Å². The van der Waals surface area contributed by atoms with Crippen LogP contribution in [0.4, 0.5) is 13.2 Å². The molecule has 0 unspecified atom stereocenters. The van der Waals surface area contributed by atoms with Crippen molar-refractivity contribution in [1.29, 1.82) is 0 Å². The molecule has 5 nitrogen and oxygen atoms in total. The van der Waals surface area contributed by atoms with Crippen molar-refractivity contribution in [2.75, 3.05) is 6.61 Å². The fourth-order valence-corrected chi connectivity index (χ4v) is 2.16. The van der Waals surface area contributed by atoms with Gasteiger partial charge in [-0.3, -0.25) is 0 Å². The van der Waals surface area contributed by atoms with Gasteiger partial charge in [0, 0.05) is 5.56 Å². The lowest BCUT2D eigenvalue weighted by atomic mass is 10.2. The van der Waals surface area contributed by atoms with Gasteiger partial charge in [0.2, 0.25) is 5.01 Å². The number of esters is 1. The molecule has 1 aromatic heterocycles. The van der Waals surface area contributed by atoms with Crippen LogP contribution < -0.4 is 4.74 Å². The molecular formula is C12H9F3N2O3S. The monoisotopic (exact) mass is 318 g/mol. The fraction of sp³-hybridized carbons (Fsp3) is 0.250. The molecule has 112 valence electrons. The highest BCUT2D eigenvalue weighted by atomic mass is 32.1. The molecule has 2 rings (SSSR count). The highest BCUT2D eigenvalue weighted by Crippen LogP contribution is 2.28. The Morgan fingerprint density at radius 3 is 2.48 bits per heavy atom. The van der Waals surface area contributed by atoms with Gasteiger partial charge in [-0.15, -0.1) is 23.4 Å². The number of benzene rings is 1. The Bertz CT molecular complexity index is 625. The first-order chi connectivity index (χ1) is 9.89. The Hall–Kier alpha value is -2.16. The maximum atomic E-state index is 12.0. The second-order valence-electron chi connectivity index (χ2n) is 3.71. The van der Waals surface area contributed by atoms with Crippen molar-refractivity contribution in [2.45, 2.75) is 13.3 Å². The third kappa shape index (κ3) is 4.15. The first kappa shape index (κ1) is 15.2. The lowest BCUT2D eigenvalue weighted by molar-refractivity contribution is -0.274. The maximum Gasteiger partial charge on any atom is 0.573 e. The minimum Gasteiger partial charge on any atom is -0.461 e. The molecule has 0 N–H and O–H groups in total. The van der Waals surface area contributed by atoms with Crippen molar-refractivity contribution in [3.63, 3.8) is 0 Å². The van der Waals surface area contributed by atoms with E-state index in [1.807, 2.05) is 0 Å². The van der Waals surface area contributed by atoms with E-state index in [2.05, 4.69) is 14.9 Å². The van der Waals surface area contributed by atoms with E-state index in [0.29, 0.717) is 10.6 Å². The molecule has 21 heavy (non-hydrogen) atoms. The van der Waals surface area contributed by atoms with E-state index >= 15 is 0 Å². The zero-order valence-corrected chi connectivity index (χ0v) is 11.5. The molecule has 0 radical (unpaired) electrons. The summed E-state index contributed by atoms with van der Waals surface area (Å²) >= 11 is 0.993. The number of carbonyl (C=O) groups is 1. The van der Waals surface area contributed by atoms with Crippen LogP contribution >= 0.6 is 11.3 Å². The molecule has 0 amide bonds. The number of halogens is 3. The molecule has 0 fully saturated rings. The van der Waals surface area contributed by atoms with Crippen LogP contribution in [0.1, 0.15) is 16.7 Å². The third-order valence-corrected chi connectivity index (χ3v) is 3.16. The van der Waals surface area contributed by atoms with E-state index in [1.165, 1.54) is 12.1 Å². The second-order valence-corrected chi connectivity index (χ2v) is 4.68. The van der Waals surface area contributed by atoms with Gasteiger partial charge in [0.1, 0.15) is 10.8 Å². The van der Waals surface area contributed by atoms with Gasteiger partial charge >= 0.3 is 12.3 Å². The number of ether oxygens (including phenoxy) is 2. The summed E-state index contributed by atoms with van der Waals surface area (Å²) in [6.45, 7) is 1.89. The number of nitrogens with zero attached hydrogens (tertiary/aromatic N) is 2. The molecule has 1 heterocycles. The van der Waals surface area contributed by atoms with Crippen molar-refractivity contribution >= 4 is 17.3 Å². The molecule has 1 aromatic carbocycles. The van der Waals surface area contributed by atoms with Crippen LogP contribution in [0.5, 0.6) is 5.75 Å². The van der Waals surface area contributed by atoms with E-state index in [9.17, 15) is 18.0 Å². The van der Waals surface area contributed by atoms with Crippen molar-refractivity contribution < 1.29 is 27.4 Å². The zero-order chi connectivity index (χ0) is 15.5. The van der Waals surface area contributed by atoms with Crippen molar-refractivity contribution in [1.82, 2.24) is 10.2 Å². The molecule has 2 aromatic rings. The Balaban J connectivity index is 2.14. The summed E-state index contributed by atoms with van der Waals surface area (Å²) in [4.78, 5) is 11.4. The minimum absolute atomic E-state index is 0.0856. The smallest absolute Gasteiger partial charge is 0.461 e. The standard InChI is InChI=1S/C12H9F3N2O3S/c1-2-19-11(18)10-17-16-9(21-10)7-3-5-8(6-4-7)20-12(13,14)15/h3-6H,2H2,1H3. The van der Waals surface area contributed by atoms with E-state index in [-0.39, 0.29) is 17.4 Å². The molecule has 0 bridgehead atoms. The molecule has 0 saturated carbocycles. The van der Waals surface area contributed by atoms with Gasteiger partial charge in [-0.2, -0.15) is 0 Å². The number of hydrogen-bond donors (Lipinski definition) is 0. The highest BCUT2D eigenvalue weighted by Gasteiger charge is 2.31. The van der Waals surface area contributed by atoms with Crippen molar-refractivity contribution in [2.24, 2.45) is 0 Å². The largest absolute Gasteiger partial charge is 0.573 e. The predicted molar refractivity (Wildman–Crippen MR) is 68.0 cm³/mol. The molecule has 0 aliphatic rings. The van der Waals surface area contributed by atoms with Gasteiger partial charge in [-0.25, -0.2) is 4.79 Å². The average molecular weight is 318 g/mol. The van der Waals surface area contributed by atoms with Crippen LogP contribution in [0.15, 0.2) is 24.3 Å². The van der Waals surface area contributed by atoms with Crippen LogP contribution in [-0.4, -0.2) is 29.1 Å². The lowest BCUT2D eigenvalue weighted by Gasteiger charge is -2.08. The molecular weight excluding hydrogens is 309 g/mol. The summed E-state index contributed by atoms with van der Waals surface area (Å²) < 4.78 is 44.6. The zero-order valence-electron chi connectivity index (χ0n) is 10.7. The Labute approximate surface area is 121 Å². The highest BCUT2D eigenvalue weighted by molar-refractivity contribution is 7.16. The van der Waals surface area contributed by atoms with Gasteiger partial charge in [-0.1, -0.05) is 11.3 Å².